The molecule has 0 bridgehead atoms. The lowest BCUT2D eigenvalue weighted by atomic mass is 10.1. The Morgan fingerprint density at radius 3 is 2.95 bits per heavy atom. The van der Waals surface area contributed by atoms with Gasteiger partial charge in [0.2, 0.25) is 5.91 Å². The van der Waals surface area contributed by atoms with Crippen molar-refractivity contribution in [2.24, 2.45) is 0 Å². The summed E-state index contributed by atoms with van der Waals surface area (Å²) in [5, 5.41) is 7.50. The van der Waals surface area contributed by atoms with Crippen LogP contribution in [0.25, 0.3) is 0 Å². The Morgan fingerprint density at radius 2 is 2.14 bits per heavy atom. The smallest absolute Gasteiger partial charge is 0.246 e. The highest BCUT2D eigenvalue weighted by atomic mass is 79.9. The van der Waals surface area contributed by atoms with Crippen LogP contribution in [0.1, 0.15) is 36.1 Å². The molecule has 1 N–H and O–H groups in total. The van der Waals surface area contributed by atoms with Gasteiger partial charge in [0.25, 0.3) is 0 Å². The average molecular weight is 362 g/mol. The molecule has 1 aliphatic rings. The Balaban J connectivity index is 1.65. The number of aryl methyl sites for hydroxylation is 3. The topological polar surface area (TPSA) is 46.9 Å². The van der Waals surface area contributed by atoms with Gasteiger partial charge >= 0.3 is 0 Å². The molecule has 1 aromatic carbocycles. The molecule has 0 atom stereocenters. The summed E-state index contributed by atoms with van der Waals surface area (Å²) in [7, 11) is 0. The normalized spacial score (nSPS) is 14.3. The first-order chi connectivity index (χ1) is 10.6. The van der Waals surface area contributed by atoms with E-state index in [1.165, 1.54) is 30.5 Å². The van der Waals surface area contributed by atoms with E-state index in [-0.39, 0.29) is 12.5 Å². The van der Waals surface area contributed by atoms with Crippen molar-refractivity contribution in [2.45, 2.75) is 45.6 Å². The first-order valence-electron chi connectivity index (χ1n) is 7.73. The summed E-state index contributed by atoms with van der Waals surface area (Å²) in [5.41, 5.74) is 4.40. The number of anilines is 1. The highest BCUT2D eigenvalue weighted by Crippen LogP contribution is 2.21. The van der Waals surface area contributed by atoms with Crippen LogP contribution in [0.4, 0.5) is 5.69 Å². The zero-order chi connectivity index (χ0) is 15.5. The van der Waals surface area contributed by atoms with Gasteiger partial charge in [0.05, 0.1) is 5.69 Å². The SMILES string of the molecule is Cc1cc(NC(=O)Cn2cc3c(n2)CCCCC3)ccc1Br. The molecule has 0 aliphatic heterocycles. The third-order valence-electron chi connectivity index (χ3n) is 4.03. The number of benzene rings is 1. The molecule has 0 saturated heterocycles. The number of halogens is 1. The molecule has 22 heavy (non-hydrogen) atoms. The molecule has 0 unspecified atom stereocenters. The number of nitrogens with zero attached hydrogens (tertiary/aromatic N) is 2. The molecule has 0 spiro atoms. The summed E-state index contributed by atoms with van der Waals surface area (Å²) in [4.78, 5) is 12.2. The molecule has 0 radical (unpaired) electrons. The lowest BCUT2D eigenvalue weighted by Crippen LogP contribution is -2.19. The summed E-state index contributed by atoms with van der Waals surface area (Å²) < 4.78 is 2.82. The summed E-state index contributed by atoms with van der Waals surface area (Å²) in [6, 6.07) is 5.80. The van der Waals surface area contributed by atoms with E-state index in [2.05, 4.69) is 26.3 Å². The predicted octanol–water partition coefficient (Wildman–Crippen LogP) is 3.86. The quantitative estimate of drug-likeness (QED) is 0.843. The lowest BCUT2D eigenvalue weighted by Gasteiger charge is -2.07. The third kappa shape index (κ3) is 3.58. The molecule has 1 aromatic heterocycles. The number of hydrogen-bond acceptors (Lipinski definition) is 2. The molecular formula is C17H20BrN3O. The average Bonchev–Trinajstić information content (AvgIpc) is 2.71. The Morgan fingerprint density at radius 1 is 1.32 bits per heavy atom. The van der Waals surface area contributed by atoms with Gasteiger partial charge in [-0.3, -0.25) is 9.48 Å². The monoisotopic (exact) mass is 361 g/mol. The van der Waals surface area contributed by atoms with Crippen LogP contribution in [0, 0.1) is 6.92 Å². The van der Waals surface area contributed by atoms with Gasteiger partial charge in [0.15, 0.2) is 0 Å². The Hall–Kier alpha value is -1.62. The second kappa shape index (κ2) is 6.65. The molecule has 5 heteroatoms. The van der Waals surface area contributed by atoms with Crippen LogP contribution in [-0.4, -0.2) is 15.7 Å². The summed E-state index contributed by atoms with van der Waals surface area (Å²) >= 11 is 3.46. The molecular weight excluding hydrogens is 342 g/mol. The molecule has 116 valence electrons. The van der Waals surface area contributed by atoms with Crippen molar-refractivity contribution in [1.82, 2.24) is 9.78 Å². The van der Waals surface area contributed by atoms with Crippen LogP contribution in [0.15, 0.2) is 28.9 Å². The van der Waals surface area contributed by atoms with Crippen molar-refractivity contribution in [2.75, 3.05) is 5.32 Å². The van der Waals surface area contributed by atoms with Crippen molar-refractivity contribution in [3.8, 4) is 0 Å². The van der Waals surface area contributed by atoms with E-state index in [0.717, 1.165) is 28.6 Å². The van der Waals surface area contributed by atoms with Gasteiger partial charge in [-0.25, -0.2) is 0 Å². The fraction of sp³-hybridized carbons (Fsp3) is 0.412. The minimum atomic E-state index is -0.0422. The molecule has 2 aromatic rings. The van der Waals surface area contributed by atoms with E-state index in [1.807, 2.05) is 31.3 Å². The first kappa shape index (κ1) is 15.3. The van der Waals surface area contributed by atoms with Crippen LogP contribution in [0.5, 0.6) is 0 Å². The maximum absolute atomic E-state index is 12.2. The third-order valence-corrected chi connectivity index (χ3v) is 4.92. The molecule has 4 nitrogen and oxygen atoms in total. The summed E-state index contributed by atoms with van der Waals surface area (Å²) in [6.07, 6.45) is 7.86. The molecule has 0 saturated carbocycles. The second-order valence-electron chi connectivity index (χ2n) is 5.87. The van der Waals surface area contributed by atoms with Gasteiger partial charge in [-0.1, -0.05) is 22.4 Å². The van der Waals surface area contributed by atoms with E-state index < -0.39 is 0 Å². The molecule has 1 heterocycles. The maximum atomic E-state index is 12.2. The zero-order valence-corrected chi connectivity index (χ0v) is 14.3. The van der Waals surface area contributed by atoms with Crippen LogP contribution < -0.4 is 5.32 Å². The van der Waals surface area contributed by atoms with Gasteiger partial charge < -0.3 is 5.32 Å². The second-order valence-corrected chi connectivity index (χ2v) is 6.73. The predicted molar refractivity (Wildman–Crippen MR) is 91.0 cm³/mol. The van der Waals surface area contributed by atoms with E-state index in [1.54, 1.807) is 4.68 Å². The molecule has 0 fully saturated rings. The minimum absolute atomic E-state index is 0.0422. The standard InChI is InChI=1S/C17H20BrN3O/c1-12-9-14(7-8-15(12)18)19-17(22)11-21-10-13-5-3-2-4-6-16(13)20-21/h7-10H,2-6,11H2,1H3,(H,19,22). The maximum Gasteiger partial charge on any atom is 0.246 e. The van der Waals surface area contributed by atoms with Crippen molar-refractivity contribution in [3.05, 3.63) is 45.7 Å². The minimum Gasteiger partial charge on any atom is -0.324 e. The van der Waals surface area contributed by atoms with Crippen LogP contribution in [-0.2, 0) is 24.2 Å². The Labute approximate surface area is 139 Å². The van der Waals surface area contributed by atoms with Gasteiger partial charge in [-0.15, -0.1) is 0 Å². The van der Waals surface area contributed by atoms with Crippen LogP contribution in [0.3, 0.4) is 0 Å². The Kier molecular flexibility index (Phi) is 4.62. The summed E-state index contributed by atoms with van der Waals surface area (Å²) in [6.45, 7) is 2.27. The number of carbonyl (C=O) groups excluding carboxylic acids is 1. The van der Waals surface area contributed by atoms with Gasteiger partial charge in [0.1, 0.15) is 6.54 Å². The number of amides is 1. The zero-order valence-electron chi connectivity index (χ0n) is 12.7. The molecule has 1 amide bonds. The number of carbonyl (C=O) groups is 1. The van der Waals surface area contributed by atoms with Crippen molar-refractivity contribution < 1.29 is 4.79 Å². The van der Waals surface area contributed by atoms with E-state index in [9.17, 15) is 4.79 Å². The molecule has 3 rings (SSSR count). The fourth-order valence-electron chi connectivity index (χ4n) is 2.86. The van der Waals surface area contributed by atoms with Gasteiger partial charge in [-0.2, -0.15) is 5.10 Å². The van der Waals surface area contributed by atoms with Gasteiger partial charge in [0, 0.05) is 16.4 Å². The Bertz CT molecular complexity index is 670. The van der Waals surface area contributed by atoms with E-state index in [4.69, 9.17) is 0 Å². The number of aromatic nitrogens is 2. The van der Waals surface area contributed by atoms with Crippen molar-refractivity contribution in [3.63, 3.8) is 0 Å². The van der Waals surface area contributed by atoms with Crippen LogP contribution >= 0.6 is 15.9 Å². The van der Waals surface area contributed by atoms with Crippen molar-refractivity contribution in [1.29, 1.82) is 0 Å². The van der Waals surface area contributed by atoms with E-state index in [0.29, 0.717) is 0 Å². The van der Waals surface area contributed by atoms with Gasteiger partial charge in [-0.05, 0) is 61.9 Å². The largest absolute Gasteiger partial charge is 0.324 e. The number of fused-ring (bicyclic) bond motifs is 1. The number of rotatable bonds is 3. The fourth-order valence-corrected chi connectivity index (χ4v) is 3.10. The number of hydrogen-bond donors (Lipinski definition) is 1. The van der Waals surface area contributed by atoms with Crippen LogP contribution in [0.2, 0.25) is 0 Å². The summed E-state index contributed by atoms with van der Waals surface area (Å²) in [5.74, 6) is -0.0422. The highest BCUT2D eigenvalue weighted by molar-refractivity contribution is 9.10. The lowest BCUT2D eigenvalue weighted by molar-refractivity contribution is -0.116. The van der Waals surface area contributed by atoms with Crippen molar-refractivity contribution >= 4 is 27.5 Å². The van der Waals surface area contributed by atoms with E-state index >= 15 is 0 Å². The highest BCUT2D eigenvalue weighted by Gasteiger charge is 2.13. The molecule has 1 aliphatic carbocycles. The first-order valence-corrected chi connectivity index (χ1v) is 8.52. The number of nitrogens with one attached hydrogen (secondary N) is 1.